The van der Waals surface area contributed by atoms with Crippen LogP contribution in [0.1, 0.15) is 136 Å². The number of ether oxygens (including phenoxy) is 3. The third kappa shape index (κ3) is 21.1. The summed E-state index contributed by atoms with van der Waals surface area (Å²) in [7, 11) is 1.64. The van der Waals surface area contributed by atoms with Crippen LogP contribution >= 0.6 is 0 Å². The lowest BCUT2D eigenvalue weighted by molar-refractivity contribution is -0.754. The lowest BCUT2D eigenvalue weighted by Gasteiger charge is -2.22. The Morgan fingerprint density at radius 1 is 0.949 bits per heavy atom. The fourth-order valence-electron chi connectivity index (χ4n) is 4.52. The molecule has 228 valence electrons. The van der Waals surface area contributed by atoms with E-state index in [2.05, 4.69) is 24.3 Å². The topological polar surface area (TPSA) is 73.6 Å². The van der Waals surface area contributed by atoms with E-state index in [-0.39, 0.29) is 35.5 Å². The summed E-state index contributed by atoms with van der Waals surface area (Å²) in [6.07, 6.45) is 26.6. The van der Waals surface area contributed by atoms with Gasteiger partial charge in [-0.2, -0.15) is 0 Å². The van der Waals surface area contributed by atoms with Gasteiger partial charge >= 0.3 is 6.09 Å². The van der Waals surface area contributed by atoms with Crippen LogP contribution in [0.25, 0.3) is 0 Å². The van der Waals surface area contributed by atoms with E-state index < -0.39 is 0 Å². The summed E-state index contributed by atoms with van der Waals surface area (Å²) in [6, 6.07) is 1.92. The van der Waals surface area contributed by atoms with Gasteiger partial charge in [0.2, 0.25) is 0 Å². The van der Waals surface area contributed by atoms with Crippen LogP contribution in [0.4, 0.5) is 4.79 Å². The number of carbonyl (C=O) groups excluding carboxylic acids is 1. The molecule has 0 aromatic carbocycles. The number of unbranched alkanes of at least 4 members (excludes halogenated alkanes) is 13. The number of methoxy groups -OCH3 is 1. The number of carbonyl (C=O) groups is 1. The van der Waals surface area contributed by atoms with Gasteiger partial charge in [-0.25, -0.2) is 4.79 Å². The van der Waals surface area contributed by atoms with E-state index >= 15 is 0 Å². The van der Waals surface area contributed by atoms with Crippen LogP contribution in [-0.4, -0.2) is 37.2 Å². The van der Waals surface area contributed by atoms with E-state index in [9.17, 15) is 4.79 Å². The van der Waals surface area contributed by atoms with Crippen molar-refractivity contribution in [2.45, 2.75) is 155 Å². The fourth-order valence-corrected chi connectivity index (χ4v) is 4.52. The maximum Gasteiger partial charge on any atom is 0.407 e. The number of cyclic esters (lactones) is 1. The molecule has 2 unspecified atom stereocenters. The van der Waals surface area contributed by atoms with Crippen LogP contribution in [0.2, 0.25) is 0 Å². The van der Waals surface area contributed by atoms with Gasteiger partial charge in [0.15, 0.2) is 24.8 Å². The highest BCUT2D eigenvalue weighted by atomic mass is 79.9. The summed E-state index contributed by atoms with van der Waals surface area (Å²) in [6.45, 7) is 8.20. The third-order valence-corrected chi connectivity index (χ3v) is 6.99. The van der Waals surface area contributed by atoms with Crippen molar-refractivity contribution in [2.75, 3.05) is 13.7 Å². The van der Waals surface area contributed by atoms with Crippen LogP contribution in [-0.2, 0) is 16.0 Å². The predicted octanol–water partition coefficient (Wildman–Crippen LogP) is 4.90. The van der Waals surface area contributed by atoms with Crippen molar-refractivity contribution >= 4 is 6.09 Å². The monoisotopic (exact) mass is 615 g/mol. The van der Waals surface area contributed by atoms with Crippen LogP contribution in [0.5, 0.6) is 5.75 Å². The van der Waals surface area contributed by atoms with Crippen molar-refractivity contribution in [1.82, 2.24) is 10.4 Å². The molecule has 2 heterocycles. The molecule has 39 heavy (non-hydrogen) atoms. The van der Waals surface area contributed by atoms with Gasteiger partial charge in [0.25, 0.3) is 0 Å². The van der Waals surface area contributed by atoms with Gasteiger partial charge in [-0.15, -0.1) is 0 Å². The highest BCUT2D eigenvalue weighted by Gasteiger charge is 2.18. The van der Waals surface area contributed by atoms with Crippen LogP contribution in [0, 0.1) is 0 Å². The maximum atomic E-state index is 11.1. The molecular formula is C31H58BrN3O4. The summed E-state index contributed by atoms with van der Waals surface area (Å²) < 4.78 is 17.9. The molecule has 2 rings (SSSR count). The molecule has 1 aromatic heterocycles. The molecule has 0 radical (unpaired) electrons. The lowest BCUT2D eigenvalue weighted by Crippen LogP contribution is -3.00. The first-order valence-electron chi connectivity index (χ1n) is 15.6. The number of aromatic nitrogens is 2. The molecule has 1 fully saturated rings. The lowest BCUT2D eigenvalue weighted by atomic mass is 10.0. The van der Waals surface area contributed by atoms with E-state index in [4.69, 9.17) is 14.2 Å². The number of halogens is 1. The van der Waals surface area contributed by atoms with Crippen molar-refractivity contribution in [3.63, 3.8) is 0 Å². The van der Waals surface area contributed by atoms with E-state index in [0.29, 0.717) is 0 Å². The summed E-state index contributed by atoms with van der Waals surface area (Å²) in [5.74, 6) is 0.751. The molecule has 7 nitrogen and oxygen atoms in total. The number of aryl methyl sites for hydroxylation is 1. The van der Waals surface area contributed by atoms with Gasteiger partial charge in [0, 0.05) is 39.0 Å². The number of hydrogen-bond donors (Lipinski definition) is 1. The molecule has 1 aliphatic rings. The van der Waals surface area contributed by atoms with Gasteiger partial charge in [-0.1, -0.05) is 109 Å². The highest BCUT2D eigenvalue weighted by Crippen LogP contribution is 2.16. The van der Waals surface area contributed by atoms with Crippen LogP contribution in [0.15, 0.2) is 18.5 Å². The number of nitrogens with one attached hydrogen (secondary N) is 1. The minimum absolute atomic E-state index is 0. The Balaban J connectivity index is 0.000000756. The smallest absolute Gasteiger partial charge is 0.407 e. The van der Waals surface area contributed by atoms with Crippen LogP contribution < -0.4 is 31.7 Å². The molecule has 1 N–H and O–H groups in total. The molecular weight excluding hydrogens is 558 g/mol. The summed E-state index contributed by atoms with van der Waals surface area (Å²) in [5.41, 5.74) is 0. The SMILES string of the molecule is CCCCCCCCCCCCCCCC1CCNC(=O)O1.CCCC[n+]1ccc(OC(CC)OC)cn1.[Br-]. The average Bonchev–Trinajstić information content (AvgIpc) is 2.94. The van der Waals surface area contributed by atoms with Crippen LogP contribution in [0.3, 0.4) is 0 Å². The van der Waals surface area contributed by atoms with E-state index in [1.54, 1.807) is 13.3 Å². The molecule has 0 bridgehead atoms. The first-order chi connectivity index (χ1) is 18.6. The Hall–Kier alpha value is -1.41. The van der Waals surface area contributed by atoms with Crippen molar-refractivity contribution in [3.05, 3.63) is 18.5 Å². The zero-order valence-corrected chi connectivity index (χ0v) is 27.0. The zero-order chi connectivity index (χ0) is 27.7. The standard InChI is InChI=1S/C19H37NO2.C12H21N2O2.BrH/c1-2-3-4-5-6-7-8-9-10-11-12-13-14-15-18-16-17-20-19(21)22-18;1-4-6-8-14-9-7-11(10-13-14)16-12(5-2)15-3;/h18H,2-17H2,1H3,(H,20,21);7,9-10,12H,4-6,8H2,1-3H3;1H/q;+1;/p-1. The van der Waals surface area contributed by atoms with Gasteiger partial charge in [0.1, 0.15) is 12.3 Å². The van der Waals surface area contributed by atoms with Gasteiger partial charge in [-0.3, -0.25) is 0 Å². The Labute approximate surface area is 249 Å². The molecule has 1 aromatic rings. The average molecular weight is 617 g/mol. The normalized spacial score (nSPS) is 15.3. The molecule has 1 saturated heterocycles. The molecule has 1 aliphatic heterocycles. The van der Waals surface area contributed by atoms with Crippen molar-refractivity contribution in [2.24, 2.45) is 0 Å². The van der Waals surface area contributed by atoms with E-state index in [1.807, 2.05) is 23.9 Å². The number of amides is 1. The Morgan fingerprint density at radius 3 is 2.03 bits per heavy atom. The molecule has 2 atom stereocenters. The van der Waals surface area contributed by atoms with E-state index in [0.717, 1.165) is 44.5 Å². The Morgan fingerprint density at radius 2 is 1.54 bits per heavy atom. The molecule has 0 spiro atoms. The fraction of sp³-hybridized carbons (Fsp3) is 0.839. The number of hydrogen-bond acceptors (Lipinski definition) is 5. The predicted molar refractivity (Wildman–Crippen MR) is 154 cm³/mol. The van der Waals surface area contributed by atoms with Crippen molar-refractivity contribution in [1.29, 1.82) is 0 Å². The molecule has 0 aliphatic carbocycles. The largest absolute Gasteiger partial charge is 1.00 e. The maximum absolute atomic E-state index is 11.1. The number of nitrogens with zero attached hydrogens (tertiary/aromatic N) is 2. The second kappa shape index (κ2) is 26.8. The first kappa shape index (κ1) is 37.6. The summed E-state index contributed by atoms with van der Waals surface area (Å²) in [5, 5.41) is 6.97. The minimum atomic E-state index is -0.231. The highest BCUT2D eigenvalue weighted by molar-refractivity contribution is 5.67. The van der Waals surface area contributed by atoms with E-state index in [1.165, 1.54) is 89.9 Å². The molecule has 1 amide bonds. The summed E-state index contributed by atoms with van der Waals surface area (Å²) >= 11 is 0. The second-order valence-corrected chi connectivity index (χ2v) is 10.4. The molecule has 0 saturated carbocycles. The van der Waals surface area contributed by atoms with Crippen molar-refractivity contribution < 1.29 is 40.7 Å². The number of alkyl carbamates (subject to hydrolysis) is 1. The summed E-state index contributed by atoms with van der Waals surface area (Å²) in [4.78, 5) is 11.1. The first-order valence-corrected chi connectivity index (χ1v) is 15.6. The zero-order valence-electron chi connectivity index (χ0n) is 25.4. The Bertz CT molecular complexity index is 674. The Kier molecular flexibility index (Phi) is 25.8. The number of rotatable bonds is 21. The minimum Gasteiger partial charge on any atom is -1.00 e. The van der Waals surface area contributed by atoms with Gasteiger partial charge in [-0.05, 0) is 17.9 Å². The van der Waals surface area contributed by atoms with Crippen molar-refractivity contribution in [3.8, 4) is 5.75 Å². The van der Waals surface area contributed by atoms with Gasteiger partial charge in [0.05, 0.1) is 0 Å². The second-order valence-electron chi connectivity index (χ2n) is 10.4. The quantitative estimate of drug-likeness (QED) is 0.121. The third-order valence-electron chi connectivity index (χ3n) is 6.99. The molecule has 8 heteroatoms. The van der Waals surface area contributed by atoms with Gasteiger partial charge < -0.3 is 36.5 Å².